The Morgan fingerprint density at radius 1 is 1.00 bits per heavy atom. The fourth-order valence-corrected chi connectivity index (χ4v) is 3.87. The van der Waals surface area contributed by atoms with Crippen LogP contribution in [-0.2, 0) is 6.54 Å². The van der Waals surface area contributed by atoms with E-state index in [0.29, 0.717) is 39.2 Å². The number of halogens is 3. The number of primary amides is 1. The molecule has 0 unspecified atom stereocenters. The zero-order valence-electron chi connectivity index (χ0n) is 16.0. The summed E-state index contributed by atoms with van der Waals surface area (Å²) in [5.41, 5.74) is 7.74. The lowest BCUT2D eigenvalue weighted by Gasteiger charge is -2.10. The van der Waals surface area contributed by atoms with E-state index in [4.69, 9.17) is 10.2 Å². The number of carbonyl (C=O) groups is 1. The second kappa shape index (κ2) is 7.05. The van der Waals surface area contributed by atoms with E-state index in [0.717, 1.165) is 6.07 Å². The molecular formula is C24H14F3N2O2. The molecule has 0 aliphatic rings. The molecule has 1 amide bonds. The zero-order chi connectivity index (χ0) is 21.7. The molecule has 1 radical (unpaired) electrons. The van der Waals surface area contributed by atoms with Crippen molar-refractivity contribution in [3.63, 3.8) is 0 Å². The van der Waals surface area contributed by atoms with Gasteiger partial charge in [0.15, 0.2) is 11.6 Å². The number of furan rings is 1. The molecular weight excluding hydrogens is 405 g/mol. The summed E-state index contributed by atoms with van der Waals surface area (Å²) >= 11 is 0. The summed E-state index contributed by atoms with van der Waals surface area (Å²) in [6, 6.07) is 16.6. The Morgan fingerprint density at radius 3 is 2.55 bits per heavy atom. The quantitative estimate of drug-likeness (QED) is 0.396. The van der Waals surface area contributed by atoms with Gasteiger partial charge in [0.25, 0.3) is 0 Å². The van der Waals surface area contributed by atoms with Crippen LogP contribution >= 0.6 is 0 Å². The molecule has 0 spiro atoms. The van der Waals surface area contributed by atoms with E-state index in [2.05, 4.69) is 6.07 Å². The van der Waals surface area contributed by atoms with Crippen molar-refractivity contribution >= 4 is 27.7 Å². The van der Waals surface area contributed by atoms with Gasteiger partial charge in [-0.05, 0) is 48.5 Å². The lowest BCUT2D eigenvalue weighted by atomic mass is 10.0. The average molecular weight is 419 g/mol. The number of hydrogen-bond acceptors (Lipinski definition) is 2. The predicted molar refractivity (Wildman–Crippen MR) is 110 cm³/mol. The van der Waals surface area contributed by atoms with Crippen molar-refractivity contribution in [2.45, 2.75) is 6.54 Å². The highest BCUT2D eigenvalue weighted by atomic mass is 19.2. The number of nitrogens with zero attached hydrogens (tertiary/aromatic N) is 1. The standard InChI is InChI=1S/C24H14F3N2O2/c25-17-11-19(27)18(26)9-14(17)12-29-20-4-1-3-16(24(28)30)23(20)15-7-6-13(10-21(15)29)22-5-2-8-31-22/h1-6,8-11H,12H2,(H2,28,30). The number of nitrogens with two attached hydrogens (primary N) is 1. The molecule has 5 rings (SSSR count). The Morgan fingerprint density at radius 2 is 1.81 bits per heavy atom. The van der Waals surface area contributed by atoms with E-state index in [9.17, 15) is 18.0 Å². The van der Waals surface area contributed by atoms with Crippen LogP contribution in [0.3, 0.4) is 0 Å². The summed E-state index contributed by atoms with van der Waals surface area (Å²) in [6.07, 6.45) is 1.54. The van der Waals surface area contributed by atoms with Crippen molar-refractivity contribution < 1.29 is 22.4 Å². The minimum absolute atomic E-state index is 0.0365. The Hall–Kier alpha value is -4.00. The molecule has 0 saturated carbocycles. The molecule has 5 aromatic rings. The van der Waals surface area contributed by atoms with Gasteiger partial charge in [-0.3, -0.25) is 4.79 Å². The minimum Gasteiger partial charge on any atom is -0.464 e. The third-order valence-electron chi connectivity index (χ3n) is 5.28. The SMILES string of the molecule is NC(=O)c1cccc2c1c1[c]cc(-c3ccco3)cc1n2Cc1cc(F)c(F)cc1F. The number of fused-ring (bicyclic) bond motifs is 3. The third kappa shape index (κ3) is 3.06. The van der Waals surface area contributed by atoms with Crippen molar-refractivity contribution in [1.29, 1.82) is 0 Å². The molecule has 0 saturated heterocycles. The third-order valence-corrected chi connectivity index (χ3v) is 5.28. The van der Waals surface area contributed by atoms with Crippen molar-refractivity contribution in [3.8, 4) is 11.3 Å². The van der Waals surface area contributed by atoms with Crippen LogP contribution in [0, 0.1) is 23.5 Å². The monoisotopic (exact) mass is 419 g/mol. The molecule has 0 aliphatic heterocycles. The van der Waals surface area contributed by atoms with Gasteiger partial charge in [-0.1, -0.05) is 6.07 Å². The van der Waals surface area contributed by atoms with Crippen LogP contribution in [0.5, 0.6) is 0 Å². The van der Waals surface area contributed by atoms with Crippen LogP contribution in [0.1, 0.15) is 15.9 Å². The number of hydrogen-bond donors (Lipinski definition) is 1. The molecule has 153 valence electrons. The zero-order valence-corrected chi connectivity index (χ0v) is 16.0. The topological polar surface area (TPSA) is 61.2 Å². The van der Waals surface area contributed by atoms with Crippen LogP contribution in [-0.4, -0.2) is 10.5 Å². The molecule has 4 nitrogen and oxygen atoms in total. The summed E-state index contributed by atoms with van der Waals surface area (Å²) in [5.74, 6) is -3.28. The van der Waals surface area contributed by atoms with Gasteiger partial charge in [0.2, 0.25) is 5.91 Å². The fourth-order valence-electron chi connectivity index (χ4n) is 3.87. The van der Waals surface area contributed by atoms with Crippen molar-refractivity contribution in [2.75, 3.05) is 0 Å². The number of rotatable bonds is 4. The lowest BCUT2D eigenvalue weighted by Crippen LogP contribution is -2.11. The van der Waals surface area contributed by atoms with Crippen molar-refractivity contribution in [1.82, 2.24) is 4.57 Å². The first kappa shape index (κ1) is 19.0. The summed E-state index contributed by atoms with van der Waals surface area (Å²) in [5, 5.41) is 1.15. The van der Waals surface area contributed by atoms with Gasteiger partial charge >= 0.3 is 0 Å². The van der Waals surface area contributed by atoms with E-state index in [1.807, 2.05) is 6.07 Å². The first-order valence-electron chi connectivity index (χ1n) is 9.38. The molecule has 2 heterocycles. The smallest absolute Gasteiger partial charge is 0.249 e. The fraction of sp³-hybridized carbons (Fsp3) is 0.0417. The average Bonchev–Trinajstić information content (AvgIpc) is 3.39. The van der Waals surface area contributed by atoms with Crippen molar-refractivity contribution in [3.05, 3.63) is 95.5 Å². The van der Waals surface area contributed by atoms with Crippen LogP contribution < -0.4 is 5.73 Å². The van der Waals surface area contributed by atoms with E-state index in [1.54, 1.807) is 41.0 Å². The van der Waals surface area contributed by atoms with Crippen LogP contribution in [0.4, 0.5) is 13.2 Å². The van der Waals surface area contributed by atoms with Gasteiger partial charge in [0, 0.05) is 33.5 Å². The van der Waals surface area contributed by atoms with Gasteiger partial charge in [0.05, 0.1) is 23.8 Å². The summed E-state index contributed by atoms with van der Waals surface area (Å²) < 4.78 is 48.8. The molecule has 2 N–H and O–H groups in total. The Balaban J connectivity index is 1.82. The Kier molecular flexibility index (Phi) is 4.32. The molecule has 0 bridgehead atoms. The normalized spacial score (nSPS) is 11.5. The molecule has 31 heavy (non-hydrogen) atoms. The highest BCUT2D eigenvalue weighted by molar-refractivity contribution is 6.18. The maximum atomic E-state index is 14.4. The number of benzene rings is 3. The lowest BCUT2D eigenvalue weighted by molar-refractivity contribution is 0.100. The van der Waals surface area contributed by atoms with Crippen molar-refractivity contribution in [2.24, 2.45) is 5.73 Å². The molecule has 7 heteroatoms. The number of amides is 1. The van der Waals surface area contributed by atoms with E-state index >= 15 is 0 Å². The number of carbonyl (C=O) groups excluding carboxylic acids is 1. The number of aromatic nitrogens is 1. The maximum Gasteiger partial charge on any atom is 0.249 e. The highest BCUT2D eigenvalue weighted by Gasteiger charge is 2.19. The molecule has 0 fully saturated rings. The Labute approximate surface area is 174 Å². The maximum absolute atomic E-state index is 14.4. The highest BCUT2D eigenvalue weighted by Crippen LogP contribution is 2.35. The van der Waals surface area contributed by atoms with E-state index < -0.39 is 23.4 Å². The van der Waals surface area contributed by atoms with Gasteiger partial charge in [0.1, 0.15) is 11.6 Å². The second-order valence-corrected chi connectivity index (χ2v) is 7.13. The van der Waals surface area contributed by atoms with Gasteiger partial charge in [-0.15, -0.1) is 0 Å². The molecule has 0 atom stereocenters. The van der Waals surface area contributed by atoms with Gasteiger partial charge < -0.3 is 14.7 Å². The molecule has 0 aliphatic carbocycles. The predicted octanol–water partition coefficient (Wildman–Crippen LogP) is 5.42. The van der Waals surface area contributed by atoms with E-state index in [-0.39, 0.29) is 17.7 Å². The molecule has 3 aromatic carbocycles. The van der Waals surface area contributed by atoms with E-state index in [1.165, 1.54) is 6.26 Å². The first-order valence-corrected chi connectivity index (χ1v) is 9.38. The minimum atomic E-state index is -1.26. The van der Waals surface area contributed by atoms with Crippen LogP contribution in [0.2, 0.25) is 0 Å². The molecule has 2 aromatic heterocycles. The van der Waals surface area contributed by atoms with Crippen LogP contribution in [0.15, 0.2) is 65.3 Å². The first-order chi connectivity index (χ1) is 14.9. The summed E-state index contributed by atoms with van der Waals surface area (Å²) in [7, 11) is 0. The Bertz CT molecular complexity index is 1470. The second-order valence-electron chi connectivity index (χ2n) is 7.13. The van der Waals surface area contributed by atoms with Crippen LogP contribution in [0.25, 0.3) is 33.1 Å². The summed E-state index contributed by atoms with van der Waals surface area (Å²) in [4.78, 5) is 12.0. The van der Waals surface area contributed by atoms with Gasteiger partial charge in [-0.2, -0.15) is 0 Å². The largest absolute Gasteiger partial charge is 0.464 e. The van der Waals surface area contributed by atoms with Gasteiger partial charge in [-0.25, -0.2) is 13.2 Å². The summed E-state index contributed by atoms with van der Waals surface area (Å²) in [6.45, 7) is -0.0965.